The number of benzene rings is 1. The Hall–Kier alpha value is -2.64. The number of nitrogens with zero attached hydrogens (tertiary/aromatic N) is 4. The molecule has 1 aliphatic heterocycles. The van der Waals surface area contributed by atoms with E-state index >= 15 is 0 Å². The number of hydrogen-bond acceptors (Lipinski definition) is 5. The summed E-state index contributed by atoms with van der Waals surface area (Å²) in [5.41, 5.74) is 2.26. The van der Waals surface area contributed by atoms with Gasteiger partial charge in [-0.05, 0) is 23.8 Å². The van der Waals surface area contributed by atoms with Crippen LogP contribution in [0, 0.1) is 0 Å². The molecular formula is C18H21N5O2. The molecule has 0 saturated carbocycles. The van der Waals surface area contributed by atoms with Crippen molar-refractivity contribution < 1.29 is 9.47 Å². The molecule has 2 aromatic heterocycles. The highest BCUT2D eigenvalue weighted by atomic mass is 16.5. The van der Waals surface area contributed by atoms with E-state index in [1.807, 2.05) is 30.2 Å². The van der Waals surface area contributed by atoms with Gasteiger partial charge >= 0.3 is 0 Å². The molecule has 130 valence electrons. The Bertz CT molecular complexity index is 797. The highest BCUT2D eigenvalue weighted by Gasteiger charge is 2.30. The summed E-state index contributed by atoms with van der Waals surface area (Å²) in [6, 6.07) is 10.4. The van der Waals surface area contributed by atoms with Gasteiger partial charge in [0.25, 0.3) is 0 Å². The van der Waals surface area contributed by atoms with Crippen molar-refractivity contribution in [3.8, 4) is 11.4 Å². The highest BCUT2D eigenvalue weighted by Crippen LogP contribution is 2.17. The van der Waals surface area contributed by atoms with Crippen LogP contribution in [0.1, 0.15) is 5.56 Å². The van der Waals surface area contributed by atoms with Gasteiger partial charge in [0.1, 0.15) is 6.10 Å². The third-order valence-corrected chi connectivity index (χ3v) is 4.27. The van der Waals surface area contributed by atoms with Crippen molar-refractivity contribution in [3.05, 3.63) is 60.7 Å². The maximum atomic E-state index is 5.98. The lowest BCUT2D eigenvalue weighted by Crippen LogP contribution is -2.41. The van der Waals surface area contributed by atoms with E-state index in [1.165, 1.54) is 5.56 Å². The van der Waals surface area contributed by atoms with Gasteiger partial charge in [-0.25, -0.2) is 4.68 Å². The van der Waals surface area contributed by atoms with Crippen LogP contribution >= 0.6 is 0 Å². The number of nitrogens with one attached hydrogen (secondary N) is 1. The number of ether oxygens (including phenoxy) is 2. The number of rotatable bonds is 6. The Balaban J connectivity index is 1.34. The predicted octanol–water partition coefficient (Wildman–Crippen LogP) is 1.54. The maximum Gasteiger partial charge on any atom is 0.157 e. The number of aryl methyl sites for hydroxylation is 1. The molecule has 0 amide bonds. The molecular weight excluding hydrogens is 318 g/mol. The highest BCUT2D eigenvalue weighted by molar-refractivity contribution is 5.33. The van der Waals surface area contributed by atoms with Gasteiger partial charge in [0.15, 0.2) is 5.75 Å². The van der Waals surface area contributed by atoms with Crippen LogP contribution < -0.4 is 10.1 Å². The first kappa shape index (κ1) is 15.9. The molecule has 0 radical (unpaired) electrons. The van der Waals surface area contributed by atoms with E-state index in [0.717, 1.165) is 18.0 Å². The van der Waals surface area contributed by atoms with Crippen molar-refractivity contribution in [2.24, 2.45) is 7.05 Å². The molecule has 1 fully saturated rings. The topological polar surface area (TPSA) is 66.1 Å². The standard InChI is InChI=1S/C18H21N5O2/c1-22-11-16(10-21-22)25-18-13-24-12-17(18)19-9-14-3-5-15(6-4-14)23-8-2-7-20-23/h2-8,10-11,17-19H,9,12-13H2,1H3/t17-,18+/m0/s1. The fraction of sp³-hybridized carbons (Fsp3) is 0.333. The van der Waals surface area contributed by atoms with Crippen molar-refractivity contribution in [3.63, 3.8) is 0 Å². The Labute approximate surface area is 146 Å². The van der Waals surface area contributed by atoms with Gasteiger partial charge in [-0.1, -0.05) is 12.1 Å². The van der Waals surface area contributed by atoms with Gasteiger partial charge < -0.3 is 14.8 Å². The average Bonchev–Trinajstić information content (AvgIpc) is 3.37. The third-order valence-electron chi connectivity index (χ3n) is 4.27. The molecule has 1 aromatic carbocycles. The van der Waals surface area contributed by atoms with Crippen molar-refractivity contribution >= 4 is 0 Å². The zero-order chi connectivity index (χ0) is 17.1. The largest absolute Gasteiger partial charge is 0.483 e. The first-order valence-corrected chi connectivity index (χ1v) is 8.33. The van der Waals surface area contributed by atoms with Gasteiger partial charge in [-0.2, -0.15) is 10.2 Å². The van der Waals surface area contributed by atoms with Crippen molar-refractivity contribution in [2.75, 3.05) is 13.2 Å². The van der Waals surface area contributed by atoms with Gasteiger partial charge in [0, 0.05) is 26.0 Å². The summed E-state index contributed by atoms with van der Waals surface area (Å²) < 4.78 is 15.1. The summed E-state index contributed by atoms with van der Waals surface area (Å²) in [6.45, 7) is 2.00. The van der Waals surface area contributed by atoms with E-state index in [-0.39, 0.29) is 12.1 Å². The molecule has 7 nitrogen and oxygen atoms in total. The van der Waals surface area contributed by atoms with E-state index in [4.69, 9.17) is 9.47 Å². The normalized spacial score (nSPS) is 20.0. The smallest absolute Gasteiger partial charge is 0.157 e. The van der Waals surface area contributed by atoms with Gasteiger partial charge in [0.2, 0.25) is 0 Å². The van der Waals surface area contributed by atoms with Crippen LogP contribution in [0.4, 0.5) is 0 Å². The summed E-state index contributed by atoms with van der Waals surface area (Å²) in [6.07, 6.45) is 7.29. The lowest BCUT2D eigenvalue weighted by atomic mass is 10.1. The molecule has 3 heterocycles. The molecule has 7 heteroatoms. The second kappa shape index (κ2) is 7.08. The van der Waals surface area contributed by atoms with Crippen molar-refractivity contribution in [1.29, 1.82) is 0 Å². The summed E-state index contributed by atoms with van der Waals surface area (Å²) in [5.74, 6) is 0.772. The summed E-state index contributed by atoms with van der Waals surface area (Å²) in [4.78, 5) is 0. The first-order chi connectivity index (χ1) is 12.3. The average molecular weight is 339 g/mol. The quantitative estimate of drug-likeness (QED) is 0.738. The molecule has 0 unspecified atom stereocenters. The molecule has 2 atom stereocenters. The van der Waals surface area contributed by atoms with Crippen LogP contribution in [-0.4, -0.2) is 44.9 Å². The molecule has 4 rings (SSSR count). The molecule has 25 heavy (non-hydrogen) atoms. The zero-order valence-corrected chi connectivity index (χ0v) is 14.1. The van der Waals surface area contributed by atoms with Crippen LogP contribution in [0.3, 0.4) is 0 Å². The van der Waals surface area contributed by atoms with Gasteiger partial charge in [0.05, 0.1) is 37.3 Å². The summed E-state index contributed by atoms with van der Waals surface area (Å²) in [7, 11) is 1.88. The minimum Gasteiger partial charge on any atom is -0.483 e. The molecule has 1 N–H and O–H groups in total. The Morgan fingerprint density at radius 2 is 2.12 bits per heavy atom. The third kappa shape index (κ3) is 3.72. The minimum absolute atomic E-state index is 0.00690. The van der Waals surface area contributed by atoms with E-state index < -0.39 is 0 Å². The lowest BCUT2D eigenvalue weighted by Gasteiger charge is -2.19. The SMILES string of the molecule is Cn1cc(O[C@@H]2COC[C@@H]2NCc2ccc(-n3cccn3)cc2)cn1. The number of hydrogen-bond donors (Lipinski definition) is 1. The van der Waals surface area contributed by atoms with E-state index in [1.54, 1.807) is 17.1 Å². The Morgan fingerprint density at radius 3 is 2.84 bits per heavy atom. The predicted molar refractivity (Wildman–Crippen MR) is 92.6 cm³/mol. The lowest BCUT2D eigenvalue weighted by molar-refractivity contribution is 0.139. The van der Waals surface area contributed by atoms with Crippen molar-refractivity contribution in [2.45, 2.75) is 18.7 Å². The van der Waals surface area contributed by atoms with E-state index in [9.17, 15) is 0 Å². The van der Waals surface area contributed by atoms with Crippen LogP contribution in [0.25, 0.3) is 5.69 Å². The second-order valence-corrected chi connectivity index (χ2v) is 6.15. The molecule has 0 bridgehead atoms. The van der Waals surface area contributed by atoms with Gasteiger partial charge in [-0.15, -0.1) is 0 Å². The van der Waals surface area contributed by atoms with Crippen LogP contribution in [0.5, 0.6) is 5.75 Å². The molecule has 0 aliphatic carbocycles. The summed E-state index contributed by atoms with van der Waals surface area (Å²) >= 11 is 0. The fourth-order valence-electron chi connectivity index (χ4n) is 2.91. The molecule has 3 aromatic rings. The Morgan fingerprint density at radius 1 is 1.24 bits per heavy atom. The first-order valence-electron chi connectivity index (χ1n) is 8.33. The van der Waals surface area contributed by atoms with E-state index in [0.29, 0.717) is 13.2 Å². The van der Waals surface area contributed by atoms with Crippen LogP contribution in [0.15, 0.2) is 55.1 Å². The Kier molecular flexibility index (Phi) is 4.49. The van der Waals surface area contributed by atoms with Crippen molar-refractivity contribution in [1.82, 2.24) is 24.9 Å². The van der Waals surface area contributed by atoms with Gasteiger partial charge in [-0.3, -0.25) is 4.68 Å². The maximum absolute atomic E-state index is 5.98. The van der Waals surface area contributed by atoms with Crippen LogP contribution in [-0.2, 0) is 18.3 Å². The van der Waals surface area contributed by atoms with Crippen LogP contribution in [0.2, 0.25) is 0 Å². The number of aromatic nitrogens is 4. The second-order valence-electron chi connectivity index (χ2n) is 6.15. The van der Waals surface area contributed by atoms with E-state index in [2.05, 4.69) is 39.8 Å². The minimum atomic E-state index is -0.00690. The zero-order valence-electron chi connectivity index (χ0n) is 14.1. The molecule has 1 aliphatic rings. The monoisotopic (exact) mass is 339 g/mol. The molecule has 1 saturated heterocycles. The fourth-order valence-corrected chi connectivity index (χ4v) is 2.91. The summed E-state index contributed by atoms with van der Waals surface area (Å²) in [5, 5.41) is 11.9. The molecule has 0 spiro atoms.